The van der Waals surface area contributed by atoms with Crippen molar-refractivity contribution < 1.29 is 9.90 Å². The zero-order valence-corrected chi connectivity index (χ0v) is 11.3. The summed E-state index contributed by atoms with van der Waals surface area (Å²) in [5.74, 6) is -0.858. The van der Waals surface area contributed by atoms with Gasteiger partial charge in [-0.3, -0.25) is 0 Å². The molecule has 0 unspecified atom stereocenters. The highest BCUT2D eigenvalue weighted by Crippen LogP contribution is 2.34. The average molecular weight is 278 g/mol. The molecule has 0 spiro atoms. The minimum Gasteiger partial charge on any atom is -0.478 e. The Kier molecular flexibility index (Phi) is 2.51. The van der Waals surface area contributed by atoms with E-state index < -0.39 is 5.97 Å². The molecule has 1 aliphatic heterocycles. The van der Waals surface area contributed by atoms with E-state index in [0.29, 0.717) is 12.1 Å². The Hall–Kier alpha value is -2.75. The summed E-state index contributed by atoms with van der Waals surface area (Å²) in [6.45, 7) is 0.360. The van der Waals surface area contributed by atoms with Crippen molar-refractivity contribution in [3.05, 3.63) is 58.8 Å². The van der Waals surface area contributed by atoms with E-state index in [-0.39, 0.29) is 0 Å². The molecular weight excluding hydrogens is 264 g/mol. The predicted octanol–water partition coefficient (Wildman–Crippen LogP) is 2.91. The first-order chi connectivity index (χ1) is 10.2. The molecule has 1 aromatic carbocycles. The van der Waals surface area contributed by atoms with Gasteiger partial charge in [0.2, 0.25) is 0 Å². The van der Waals surface area contributed by atoms with Crippen molar-refractivity contribution in [2.45, 2.75) is 6.42 Å². The lowest BCUT2D eigenvalue weighted by atomic mass is 9.96. The molecule has 0 radical (unpaired) electrons. The van der Waals surface area contributed by atoms with Crippen molar-refractivity contribution in [2.24, 2.45) is 0 Å². The van der Waals surface area contributed by atoms with Crippen LogP contribution in [-0.4, -0.2) is 22.6 Å². The van der Waals surface area contributed by atoms with Crippen LogP contribution < -0.4 is 5.32 Å². The molecule has 0 saturated heterocycles. The van der Waals surface area contributed by atoms with Crippen LogP contribution in [0, 0.1) is 0 Å². The van der Waals surface area contributed by atoms with Gasteiger partial charge >= 0.3 is 5.97 Å². The van der Waals surface area contributed by atoms with E-state index in [1.54, 1.807) is 6.08 Å². The number of fused-ring (bicyclic) bond motifs is 4. The van der Waals surface area contributed by atoms with Crippen LogP contribution in [-0.2, 0) is 4.79 Å². The second-order valence-corrected chi connectivity index (χ2v) is 5.30. The van der Waals surface area contributed by atoms with E-state index in [1.807, 2.05) is 6.20 Å². The first-order valence-electron chi connectivity index (χ1n) is 6.92. The van der Waals surface area contributed by atoms with E-state index in [4.69, 9.17) is 5.11 Å². The van der Waals surface area contributed by atoms with E-state index in [0.717, 1.165) is 28.8 Å². The SMILES string of the molecule is O=C(O)C1=CC2=C(NC1)c1ccc3[nH]ccc3c1C=CC2. The molecule has 0 amide bonds. The minimum absolute atomic E-state index is 0.360. The normalized spacial score (nSPS) is 16.9. The molecule has 1 aliphatic carbocycles. The summed E-state index contributed by atoms with van der Waals surface area (Å²) in [7, 11) is 0. The Morgan fingerprint density at radius 2 is 2.14 bits per heavy atom. The molecule has 0 atom stereocenters. The Bertz CT molecular complexity index is 853. The summed E-state index contributed by atoms with van der Waals surface area (Å²) in [6, 6.07) is 6.23. The molecule has 0 bridgehead atoms. The van der Waals surface area contributed by atoms with Crippen molar-refractivity contribution in [3.8, 4) is 0 Å². The zero-order valence-electron chi connectivity index (χ0n) is 11.3. The van der Waals surface area contributed by atoms with Crippen molar-refractivity contribution >= 4 is 28.6 Å². The number of hydrogen-bond donors (Lipinski definition) is 3. The van der Waals surface area contributed by atoms with Crippen LogP contribution in [0.25, 0.3) is 22.7 Å². The van der Waals surface area contributed by atoms with Gasteiger partial charge in [0, 0.05) is 34.9 Å². The van der Waals surface area contributed by atoms with Gasteiger partial charge in [0.05, 0.1) is 5.57 Å². The van der Waals surface area contributed by atoms with Gasteiger partial charge in [-0.25, -0.2) is 4.79 Å². The van der Waals surface area contributed by atoms with Crippen LogP contribution in [0.15, 0.2) is 47.7 Å². The summed E-state index contributed by atoms with van der Waals surface area (Å²) in [6.07, 6.45) is 8.70. The number of aliphatic carboxylic acids is 1. The molecule has 0 saturated carbocycles. The molecule has 2 heterocycles. The minimum atomic E-state index is -0.858. The molecule has 3 N–H and O–H groups in total. The third-order valence-electron chi connectivity index (χ3n) is 4.07. The number of rotatable bonds is 1. The van der Waals surface area contributed by atoms with E-state index in [2.05, 4.69) is 40.7 Å². The highest BCUT2D eigenvalue weighted by Gasteiger charge is 2.21. The summed E-state index contributed by atoms with van der Waals surface area (Å²) in [5, 5.41) is 13.6. The molecular formula is C17H14N2O2. The number of hydrogen-bond acceptors (Lipinski definition) is 2. The van der Waals surface area contributed by atoms with Gasteiger partial charge in [0.25, 0.3) is 0 Å². The second kappa shape index (κ2) is 4.38. The van der Waals surface area contributed by atoms with E-state index in [9.17, 15) is 4.79 Å². The van der Waals surface area contributed by atoms with Gasteiger partial charge in [-0.15, -0.1) is 0 Å². The van der Waals surface area contributed by atoms with Crippen molar-refractivity contribution in [1.29, 1.82) is 0 Å². The van der Waals surface area contributed by atoms with Gasteiger partial charge in [0.15, 0.2) is 0 Å². The molecule has 0 fully saturated rings. The van der Waals surface area contributed by atoms with Crippen LogP contribution in [0.2, 0.25) is 0 Å². The summed E-state index contributed by atoms with van der Waals surface area (Å²) in [4.78, 5) is 14.4. The molecule has 104 valence electrons. The summed E-state index contributed by atoms with van der Waals surface area (Å²) >= 11 is 0. The zero-order chi connectivity index (χ0) is 14.4. The summed E-state index contributed by atoms with van der Waals surface area (Å²) in [5.41, 5.74) is 5.91. The highest BCUT2D eigenvalue weighted by molar-refractivity contribution is 5.97. The second-order valence-electron chi connectivity index (χ2n) is 5.30. The lowest BCUT2D eigenvalue weighted by Crippen LogP contribution is -2.24. The average Bonchev–Trinajstić information content (AvgIpc) is 2.88. The first-order valence-corrected chi connectivity index (χ1v) is 6.92. The van der Waals surface area contributed by atoms with Gasteiger partial charge < -0.3 is 15.4 Å². The molecule has 4 heteroatoms. The number of H-pyrrole nitrogens is 1. The highest BCUT2D eigenvalue weighted by atomic mass is 16.4. The number of carbonyl (C=O) groups is 1. The standard InChI is InChI=1S/C17H14N2O2/c20-17(21)11-8-10-2-1-3-12-13-6-7-18-15(13)5-4-14(12)16(10)19-9-11/h1,3-8,18-19H,2,9H2,(H,20,21). The number of carboxylic acids is 1. The Morgan fingerprint density at radius 1 is 1.24 bits per heavy atom. The largest absolute Gasteiger partial charge is 0.478 e. The number of dihydropyridines is 1. The van der Waals surface area contributed by atoms with E-state index in [1.165, 1.54) is 10.9 Å². The van der Waals surface area contributed by atoms with Crippen LogP contribution in [0.5, 0.6) is 0 Å². The van der Waals surface area contributed by atoms with Crippen LogP contribution >= 0.6 is 0 Å². The van der Waals surface area contributed by atoms with Gasteiger partial charge in [-0.05, 0) is 35.8 Å². The molecule has 4 nitrogen and oxygen atoms in total. The van der Waals surface area contributed by atoms with E-state index >= 15 is 0 Å². The third-order valence-corrected chi connectivity index (χ3v) is 4.07. The molecule has 1 aromatic heterocycles. The number of aromatic nitrogens is 1. The molecule has 4 rings (SSSR count). The lowest BCUT2D eigenvalue weighted by molar-refractivity contribution is -0.132. The Morgan fingerprint density at radius 3 is 3.00 bits per heavy atom. The maximum absolute atomic E-state index is 11.1. The van der Waals surface area contributed by atoms with Gasteiger partial charge in [-0.2, -0.15) is 0 Å². The number of aromatic amines is 1. The Labute approximate surface area is 121 Å². The van der Waals surface area contributed by atoms with Gasteiger partial charge in [0.1, 0.15) is 0 Å². The summed E-state index contributed by atoms with van der Waals surface area (Å²) < 4.78 is 0. The Balaban J connectivity index is 1.96. The van der Waals surface area contributed by atoms with Gasteiger partial charge in [-0.1, -0.05) is 18.2 Å². The third kappa shape index (κ3) is 1.80. The van der Waals surface area contributed by atoms with Crippen LogP contribution in [0.4, 0.5) is 0 Å². The van der Waals surface area contributed by atoms with Crippen molar-refractivity contribution in [1.82, 2.24) is 10.3 Å². The number of carboxylic acid groups (broad SMARTS) is 1. The fourth-order valence-electron chi connectivity index (χ4n) is 3.06. The smallest absolute Gasteiger partial charge is 0.333 e. The van der Waals surface area contributed by atoms with Crippen molar-refractivity contribution in [3.63, 3.8) is 0 Å². The van der Waals surface area contributed by atoms with Crippen molar-refractivity contribution in [2.75, 3.05) is 6.54 Å². The molecule has 2 aromatic rings. The topological polar surface area (TPSA) is 65.1 Å². The monoisotopic (exact) mass is 278 g/mol. The van der Waals surface area contributed by atoms with Crippen LogP contribution in [0.3, 0.4) is 0 Å². The lowest BCUT2D eigenvalue weighted by Gasteiger charge is -2.21. The number of benzene rings is 1. The predicted molar refractivity (Wildman–Crippen MR) is 82.6 cm³/mol. The fraction of sp³-hybridized carbons (Fsp3) is 0.118. The maximum atomic E-state index is 11.1. The first kappa shape index (κ1) is 12.0. The van der Waals surface area contributed by atoms with Crippen LogP contribution in [0.1, 0.15) is 17.5 Å². The molecule has 21 heavy (non-hydrogen) atoms. The maximum Gasteiger partial charge on any atom is 0.333 e. The quantitative estimate of drug-likeness (QED) is 0.751. The fourth-order valence-corrected chi connectivity index (χ4v) is 3.06. The molecule has 2 aliphatic rings. The number of nitrogens with one attached hydrogen (secondary N) is 2. The number of allylic oxidation sites excluding steroid dienone is 3.